The molecule has 0 unspecified atom stereocenters. The number of carboxylic acids is 3. The summed E-state index contributed by atoms with van der Waals surface area (Å²) >= 11 is 0. The number of rotatable bonds is 31. The van der Waals surface area contributed by atoms with Crippen LogP contribution in [0.5, 0.6) is 0 Å². The van der Waals surface area contributed by atoms with Crippen molar-refractivity contribution < 1.29 is 45.0 Å². The fourth-order valence-corrected chi connectivity index (χ4v) is 4.30. The molecule has 0 saturated carbocycles. The lowest BCUT2D eigenvalue weighted by molar-refractivity contribution is -0.138. The van der Waals surface area contributed by atoms with Crippen LogP contribution in [0.3, 0.4) is 0 Å². The molecule has 0 amide bonds. The topological polar surface area (TPSA) is 173 Å². The molecule has 0 heterocycles. The number of aliphatic hydroxyl groups is 3. The first-order chi connectivity index (χ1) is 23.1. The van der Waals surface area contributed by atoms with Crippen LogP contribution in [0.25, 0.3) is 0 Å². The highest BCUT2D eigenvalue weighted by molar-refractivity contribution is 5.67. The van der Waals surface area contributed by atoms with Gasteiger partial charge in [-0.05, 0) is 64.2 Å². The number of allylic oxidation sites excluding steroid dienone is 3. The molecule has 0 radical (unpaired) electrons. The molecule has 0 atom stereocenters. The average molecular weight is 687 g/mol. The summed E-state index contributed by atoms with van der Waals surface area (Å²) in [6.07, 6.45) is 31.0. The van der Waals surface area contributed by atoms with Gasteiger partial charge in [0.25, 0.3) is 0 Å². The average Bonchev–Trinajstić information content (AvgIpc) is 3.07. The van der Waals surface area contributed by atoms with Crippen molar-refractivity contribution in [2.45, 2.75) is 167 Å². The van der Waals surface area contributed by atoms with E-state index in [4.69, 9.17) is 30.6 Å². The molecule has 0 aromatic heterocycles. The number of carboxylic acid groups (broad SMARTS) is 3. The maximum Gasteiger partial charge on any atom is 0.303 e. The molecule has 284 valence electrons. The zero-order valence-corrected chi connectivity index (χ0v) is 30.6. The van der Waals surface area contributed by atoms with Crippen LogP contribution in [-0.2, 0) is 14.4 Å². The number of aliphatic hydroxyl groups excluding tert-OH is 3. The third-order valence-electron chi connectivity index (χ3n) is 7.90. The van der Waals surface area contributed by atoms with E-state index in [0.29, 0.717) is 25.7 Å². The monoisotopic (exact) mass is 687 g/mol. The number of unbranched alkanes of at least 4 members (excludes halogenated alkanes) is 18. The van der Waals surface area contributed by atoms with Gasteiger partial charge in [0.2, 0.25) is 0 Å². The Hall–Kier alpha value is -2.49. The standard InChI is InChI=1S/3C11H20O2.C6H14O3/c3*1-2-3-4-5-6-7-8-9-10-11(12)13;1-2-6(3-7,4-8)5-9/h3*2H,1,3-10H2,(H,12,13);7-9H,2-5H2,1H3. The first-order valence-electron chi connectivity index (χ1n) is 18.4. The van der Waals surface area contributed by atoms with Crippen molar-refractivity contribution in [2.24, 2.45) is 5.41 Å². The second kappa shape index (κ2) is 44.5. The second-order valence-electron chi connectivity index (χ2n) is 12.4. The van der Waals surface area contributed by atoms with E-state index in [1.54, 1.807) is 0 Å². The number of hydrogen-bond donors (Lipinski definition) is 6. The molecule has 9 heteroatoms. The predicted octanol–water partition coefficient (Wildman–Crippen LogP) is 9.49. The Morgan fingerprint density at radius 2 is 0.646 bits per heavy atom. The molecule has 0 bridgehead atoms. The summed E-state index contributed by atoms with van der Waals surface area (Å²) in [5.74, 6) is -2.02. The molecule has 0 fully saturated rings. The summed E-state index contributed by atoms with van der Waals surface area (Å²) in [7, 11) is 0. The smallest absolute Gasteiger partial charge is 0.303 e. The van der Waals surface area contributed by atoms with Crippen LogP contribution in [-0.4, -0.2) is 68.4 Å². The molecule has 9 nitrogen and oxygen atoms in total. The molecule has 48 heavy (non-hydrogen) atoms. The number of hydrogen-bond acceptors (Lipinski definition) is 6. The van der Waals surface area contributed by atoms with Crippen LogP contribution >= 0.6 is 0 Å². The Kier molecular flexibility index (Phi) is 48.5. The van der Waals surface area contributed by atoms with E-state index in [1.165, 1.54) is 77.0 Å². The molecule has 0 rings (SSSR count). The third kappa shape index (κ3) is 50.4. The van der Waals surface area contributed by atoms with Gasteiger partial charge >= 0.3 is 17.9 Å². The zero-order valence-electron chi connectivity index (χ0n) is 30.6. The minimum Gasteiger partial charge on any atom is -0.481 e. The number of aliphatic carboxylic acids is 3. The van der Waals surface area contributed by atoms with Gasteiger partial charge in [0.05, 0.1) is 19.8 Å². The Bertz CT molecular complexity index is 635. The van der Waals surface area contributed by atoms with Gasteiger partial charge in [-0.1, -0.05) is 102 Å². The van der Waals surface area contributed by atoms with E-state index in [0.717, 1.165) is 57.8 Å². The molecule has 0 aliphatic carbocycles. The minimum atomic E-state index is -0.674. The molecule has 0 saturated heterocycles. The summed E-state index contributed by atoms with van der Waals surface area (Å²) in [6.45, 7) is 12.3. The van der Waals surface area contributed by atoms with Crippen LogP contribution in [0, 0.1) is 5.41 Å². The van der Waals surface area contributed by atoms with Gasteiger partial charge in [-0.3, -0.25) is 14.4 Å². The van der Waals surface area contributed by atoms with Crippen LogP contribution in [0.4, 0.5) is 0 Å². The molecule has 0 aromatic rings. The lowest BCUT2D eigenvalue weighted by atomic mass is 9.88. The SMILES string of the molecule is C=CCCCCCCCCC(=O)O.C=CCCCCCCCCC(=O)O.C=CCCCCCCCCC(=O)O.CCC(CO)(CO)CO. The van der Waals surface area contributed by atoms with E-state index >= 15 is 0 Å². The highest BCUT2D eigenvalue weighted by atomic mass is 16.4. The van der Waals surface area contributed by atoms with E-state index in [9.17, 15) is 14.4 Å². The highest BCUT2D eigenvalue weighted by Crippen LogP contribution is 2.18. The van der Waals surface area contributed by atoms with Crippen molar-refractivity contribution in [3.05, 3.63) is 38.0 Å². The fraction of sp³-hybridized carbons (Fsp3) is 0.769. The van der Waals surface area contributed by atoms with E-state index in [-0.39, 0.29) is 19.8 Å². The van der Waals surface area contributed by atoms with Gasteiger partial charge in [0.1, 0.15) is 0 Å². The Balaban J connectivity index is -0.000000271. The molecule has 6 N–H and O–H groups in total. The lowest BCUT2D eigenvalue weighted by Gasteiger charge is -2.24. The van der Waals surface area contributed by atoms with Crippen molar-refractivity contribution in [1.82, 2.24) is 0 Å². The van der Waals surface area contributed by atoms with Crippen LogP contribution in [0.1, 0.15) is 167 Å². The fourth-order valence-electron chi connectivity index (χ4n) is 4.30. The van der Waals surface area contributed by atoms with Gasteiger partial charge in [-0.15, -0.1) is 19.7 Å². The third-order valence-corrected chi connectivity index (χ3v) is 7.90. The normalized spacial score (nSPS) is 10.2. The van der Waals surface area contributed by atoms with Crippen LogP contribution in [0.2, 0.25) is 0 Å². The Morgan fingerprint density at radius 1 is 0.438 bits per heavy atom. The minimum absolute atomic E-state index is 0.156. The largest absolute Gasteiger partial charge is 0.481 e. The van der Waals surface area contributed by atoms with Crippen LogP contribution < -0.4 is 0 Å². The van der Waals surface area contributed by atoms with E-state index in [2.05, 4.69) is 19.7 Å². The van der Waals surface area contributed by atoms with Crippen molar-refractivity contribution in [1.29, 1.82) is 0 Å². The number of carbonyl (C=O) groups is 3. The molecular weight excluding hydrogens is 612 g/mol. The summed E-state index contributed by atoms with van der Waals surface area (Å²) in [6, 6.07) is 0. The van der Waals surface area contributed by atoms with Crippen molar-refractivity contribution >= 4 is 17.9 Å². The van der Waals surface area contributed by atoms with Crippen molar-refractivity contribution in [3.63, 3.8) is 0 Å². The molecule has 0 spiro atoms. The molecule has 0 aliphatic heterocycles. The second-order valence-corrected chi connectivity index (χ2v) is 12.4. The summed E-state index contributed by atoms with van der Waals surface area (Å²) in [4.78, 5) is 30.5. The Morgan fingerprint density at radius 3 is 0.792 bits per heavy atom. The van der Waals surface area contributed by atoms with E-state index < -0.39 is 23.3 Å². The zero-order chi connectivity index (χ0) is 37.2. The first-order valence-corrected chi connectivity index (χ1v) is 18.4. The molecule has 0 aliphatic rings. The van der Waals surface area contributed by atoms with Gasteiger partial charge in [0, 0.05) is 24.7 Å². The summed E-state index contributed by atoms with van der Waals surface area (Å²) < 4.78 is 0. The van der Waals surface area contributed by atoms with E-state index in [1.807, 2.05) is 25.2 Å². The molecular formula is C39H74O9. The summed E-state index contributed by atoms with van der Waals surface area (Å²) in [5, 5.41) is 51.1. The van der Waals surface area contributed by atoms with Gasteiger partial charge in [-0.25, -0.2) is 0 Å². The predicted molar refractivity (Wildman–Crippen MR) is 198 cm³/mol. The lowest BCUT2D eigenvalue weighted by Crippen LogP contribution is -2.32. The van der Waals surface area contributed by atoms with Crippen LogP contribution in [0.15, 0.2) is 38.0 Å². The van der Waals surface area contributed by atoms with Crippen molar-refractivity contribution in [2.75, 3.05) is 19.8 Å². The maximum atomic E-state index is 10.2. The van der Waals surface area contributed by atoms with Crippen molar-refractivity contribution in [3.8, 4) is 0 Å². The quantitative estimate of drug-likeness (QED) is 0.0307. The molecule has 0 aromatic carbocycles. The summed E-state index contributed by atoms with van der Waals surface area (Å²) in [5.41, 5.74) is -0.667. The van der Waals surface area contributed by atoms with Gasteiger partial charge in [-0.2, -0.15) is 0 Å². The maximum absolute atomic E-state index is 10.2. The highest BCUT2D eigenvalue weighted by Gasteiger charge is 2.24. The van der Waals surface area contributed by atoms with Gasteiger partial charge < -0.3 is 30.6 Å². The first kappa shape index (κ1) is 52.3. The Labute approximate surface area is 293 Å². The van der Waals surface area contributed by atoms with Gasteiger partial charge in [0.15, 0.2) is 0 Å².